The van der Waals surface area contributed by atoms with Crippen LogP contribution in [0.25, 0.3) is 0 Å². The number of thiazole rings is 1. The highest BCUT2D eigenvalue weighted by molar-refractivity contribution is 7.11. The quantitative estimate of drug-likeness (QED) is 0.0566. The van der Waals surface area contributed by atoms with Crippen molar-refractivity contribution in [2.45, 2.75) is 173 Å². The van der Waals surface area contributed by atoms with Gasteiger partial charge in [0.2, 0.25) is 0 Å². The molecule has 0 bridgehead atoms. The maximum atomic E-state index is 14.6. The lowest BCUT2D eigenvalue weighted by molar-refractivity contribution is -0.148. The number of rotatable bonds is 18. The molecule has 5 fully saturated rings. The predicted octanol–water partition coefficient (Wildman–Crippen LogP) is 7.06. The van der Waals surface area contributed by atoms with E-state index < -0.39 is 151 Å². The highest BCUT2D eigenvalue weighted by atomic mass is 35.5. The number of aliphatic imine (C=N–C) groups is 1. The number of hydrogen-bond acceptors (Lipinski definition) is 23. The number of esters is 2. The van der Waals surface area contributed by atoms with E-state index in [4.69, 9.17) is 69.9 Å². The summed E-state index contributed by atoms with van der Waals surface area (Å²) in [5, 5.41) is 40.1. The van der Waals surface area contributed by atoms with Crippen molar-refractivity contribution in [1.29, 1.82) is 0 Å². The molecule has 4 saturated heterocycles. The summed E-state index contributed by atoms with van der Waals surface area (Å²) in [5.41, 5.74) is -0.935. The molecule has 0 spiro atoms. The Morgan fingerprint density at radius 2 is 1.10 bits per heavy atom. The standard InChI is InChI=1S/C23H23ClF2N4O5S.C12H20FNO5.C11H18FNO5.C9H16FNO3.C7H11FO3/c1-2-34-23(33)19-16(9-30-8-15(26)17(10-30)35-11-18(31)32)28-21(22-27-5-6-36-22)29-20(19)13-4-3-12(25)7-14(13)24;1-12(2,3)19-11(16)14-5-8(13)9(6-14)18-7-10(15)17-4;1-11(2,3)18-10(16)13-4-7(12)8(5-13)17-6-9(14)15;1-9(2,3)14-8(13)11-4-6(10)7(12)5-11;8-5-2-1-3-6(5)11-4-7(9)10/h3-7,15,17,20H,2,8-11H2,1H3,(H,28,29)(H,31,32);8-9H,5-7H2,1-4H3;7-8H,4-6H2,1-3H3,(H,14,15);6-7,12H,4-5H2,1-3H3;5-6H,1-4H2,(H,9,10)/t15-,17-,20+;8-,9-;7-,8-;6-,7-;5-,6-/m11111/s1. The molecular weight excluding hydrogens is 1360 g/mol. The lowest BCUT2D eigenvalue weighted by Gasteiger charge is -2.29. The summed E-state index contributed by atoms with van der Waals surface area (Å²) < 4.78 is 126. The first-order valence-corrected chi connectivity index (χ1v) is 32.3. The third kappa shape index (κ3) is 28.6. The highest BCUT2D eigenvalue weighted by Crippen LogP contribution is 2.38. The summed E-state index contributed by atoms with van der Waals surface area (Å²) in [5.74, 6) is -4.80. The molecule has 1 aromatic heterocycles. The van der Waals surface area contributed by atoms with Crippen molar-refractivity contribution in [3.05, 3.63) is 62.5 Å². The van der Waals surface area contributed by atoms with Crippen LogP contribution in [0.2, 0.25) is 5.02 Å². The zero-order valence-electron chi connectivity index (χ0n) is 56.2. The number of carbonyl (C=O) groups is 8. The number of nitrogens with zero attached hydrogens (tertiary/aromatic N) is 6. The Hall–Kier alpha value is -7.15. The lowest BCUT2D eigenvalue weighted by atomic mass is 9.95. The van der Waals surface area contributed by atoms with Crippen molar-refractivity contribution in [3.8, 4) is 0 Å². The fraction of sp³-hybridized carbons (Fsp3) is 0.677. The number of aliphatic hydroxyl groups is 1. The molecule has 36 heteroatoms. The van der Waals surface area contributed by atoms with E-state index >= 15 is 0 Å². The maximum Gasteiger partial charge on any atom is 0.410 e. The lowest BCUT2D eigenvalue weighted by Crippen LogP contribution is -2.39. The molecule has 8 rings (SSSR count). The Balaban J connectivity index is 0.000000280. The van der Waals surface area contributed by atoms with E-state index in [1.165, 1.54) is 45.3 Å². The molecule has 5 N–H and O–H groups in total. The van der Waals surface area contributed by atoms with E-state index in [0.717, 1.165) is 12.5 Å². The molecule has 1 aliphatic carbocycles. The van der Waals surface area contributed by atoms with E-state index in [0.29, 0.717) is 34.9 Å². The normalized spacial score (nSPS) is 24.6. The van der Waals surface area contributed by atoms with E-state index in [1.54, 1.807) is 85.7 Å². The molecule has 3 amide bonds. The van der Waals surface area contributed by atoms with Gasteiger partial charge in [0.25, 0.3) is 0 Å². The van der Waals surface area contributed by atoms with Crippen LogP contribution >= 0.6 is 22.9 Å². The van der Waals surface area contributed by atoms with Gasteiger partial charge in [0.1, 0.15) is 110 Å². The van der Waals surface area contributed by atoms with Gasteiger partial charge in [-0.2, -0.15) is 0 Å². The summed E-state index contributed by atoms with van der Waals surface area (Å²) in [6.07, 6.45) is -8.90. The van der Waals surface area contributed by atoms with Gasteiger partial charge in [-0.3, -0.25) is 9.89 Å². The minimum absolute atomic E-state index is 0.00333. The number of amidine groups is 1. The third-order valence-electron chi connectivity index (χ3n) is 14.0. The zero-order valence-corrected chi connectivity index (χ0v) is 57.8. The number of carbonyl (C=O) groups excluding carboxylic acids is 5. The van der Waals surface area contributed by atoms with Gasteiger partial charge in [-0.05, 0) is 101 Å². The molecule has 11 atom stereocenters. The first-order chi connectivity index (χ1) is 45.7. The zero-order chi connectivity index (χ0) is 73.6. The van der Waals surface area contributed by atoms with Gasteiger partial charge >= 0.3 is 48.1 Å². The van der Waals surface area contributed by atoms with Crippen LogP contribution in [0, 0.1) is 5.82 Å². The first-order valence-electron chi connectivity index (χ1n) is 31.0. The van der Waals surface area contributed by atoms with E-state index in [9.17, 15) is 64.7 Å². The van der Waals surface area contributed by atoms with Crippen molar-refractivity contribution >= 4 is 76.9 Å². The van der Waals surface area contributed by atoms with Crippen molar-refractivity contribution in [3.63, 3.8) is 0 Å². The highest BCUT2D eigenvalue weighted by Gasteiger charge is 2.42. The van der Waals surface area contributed by atoms with Crippen molar-refractivity contribution in [2.75, 3.05) is 99.0 Å². The van der Waals surface area contributed by atoms with Crippen molar-refractivity contribution in [2.24, 2.45) is 4.99 Å². The molecule has 5 aliphatic heterocycles. The van der Waals surface area contributed by atoms with Gasteiger partial charge in [-0.1, -0.05) is 17.7 Å². The Morgan fingerprint density at radius 3 is 1.52 bits per heavy atom. The molecule has 552 valence electrons. The van der Waals surface area contributed by atoms with Gasteiger partial charge in [-0.25, -0.2) is 69.7 Å². The molecule has 6 aliphatic rings. The van der Waals surface area contributed by atoms with Gasteiger partial charge < -0.3 is 83.1 Å². The number of aromatic nitrogens is 1. The Morgan fingerprint density at radius 1 is 0.633 bits per heavy atom. The number of halogens is 7. The summed E-state index contributed by atoms with van der Waals surface area (Å²) >= 11 is 7.68. The molecule has 98 heavy (non-hydrogen) atoms. The minimum Gasteiger partial charge on any atom is -0.480 e. The first kappa shape index (κ1) is 83.3. The Labute approximate surface area is 571 Å². The maximum absolute atomic E-state index is 14.6. The third-order valence-corrected chi connectivity index (χ3v) is 15.1. The fourth-order valence-electron chi connectivity index (χ4n) is 9.68. The molecule has 2 aromatic rings. The van der Waals surface area contributed by atoms with Crippen LogP contribution in [0.5, 0.6) is 0 Å². The Bertz CT molecular complexity index is 3040. The summed E-state index contributed by atoms with van der Waals surface area (Å²) in [4.78, 5) is 104. The van der Waals surface area contributed by atoms with Crippen LogP contribution in [0.15, 0.2) is 46.0 Å². The van der Waals surface area contributed by atoms with E-state index in [2.05, 4.69) is 20.0 Å². The largest absolute Gasteiger partial charge is 0.480 e. The smallest absolute Gasteiger partial charge is 0.410 e. The average molecular weight is 1450 g/mol. The van der Waals surface area contributed by atoms with Gasteiger partial charge in [0, 0.05) is 47.5 Å². The van der Waals surface area contributed by atoms with Crippen molar-refractivity contribution < 1.29 is 128 Å². The fourth-order valence-corrected chi connectivity index (χ4v) is 10.5. The second-order valence-electron chi connectivity index (χ2n) is 25.7. The number of carboxylic acids is 3. The molecule has 28 nitrogen and oxygen atoms in total. The second-order valence-corrected chi connectivity index (χ2v) is 27.0. The molecule has 1 aromatic carbocycles. The molecule has 1 saturated carbocycles. The average Bonchev–Trinajstić information content (AvgIpc) is 0.851. The molecule has 0 radical (unpaired) electrons. The number of likely N-dealkylation sites (tertiary alicyclic amines) is 4. The number of carboxylic acid groups (broad SMARTS) is 3. The van der Waals surface area contributed by atoms with Crippen LogP contribution in [0.1, 0.15) is 105 Å². The SMILES string of the molecule is CC(C)(C)OC(=O)N1C[C@@H](F)[C@H](OCC(=O)O)C1.CC(C)(C)OC(=O)N1C[C@@H](O)[C@H](F)C1.CCOC(=O)C1=C(CN2C[C@@H](F)[C@H](OCC(=O)O)C2)NC(c2nccs2)=N[C@H]1c1ccc(F)cc1Cl.COC(=O)CO[C@@H]1CN(C(=O)OC(C)(C)C)C[C@H]1F.O=C(O)CO[C@@H]1CCC[C@H]1F. The van der Waals surface area contributed by atoms with Crippen LogP contribution < -0.4 is 5.32 Å². The van der Waals surface area contributed by atoms with Crippen LogP contribution in [0.4, 0.5) is 40.7 Å². The minimum atomic E-state index is -1.41. The number of aliphatic hydroxyl groups excluding tert-OH is 1. The summed E-state index contributed by atoms with van der Waals surface area (Å²) in [6.45, 7) is 15.4. The number of hydrogen-bond donors (Lipinski definition) is 5. The number of ether oxygens (including phenoxy) is 9. The van der Waals surface area contributed by atoms with Gasteiger partial charge in [-0.15, -0.1) is 11.3 Å². The second kappa shape index (κ2) is 38.4. The number of β-amino-alcohol motifs (C(OH)–C–C–N with tert-alkyl or cyclic N) is 1. The number of alkyl halides is 5. The van der Waals surface area contributed by atoms with Gasteiger partial charge in [0.15, 0.2) is 10.8 Å². The number of amides is 3. The van der Waals surface area contributed by atoms with Crippen molar-refractivity contribution in [1.82, 2.24) is 29.9 Å². The molecular formula is C62H88ClF6N7O21S. The Kier molecular flexibility index (Phi) is 32.7. The van der Waals surface area contributed by atoms with Crippen LogP contribution in [-0.2, 0) is 66.6 Å². The number of methoxy groups -OCH3 is 1. The van der Waals surface area contributed by atoms with Gasteiger partial charge in [0.05, 0.1) is 64.7 Å². The summed E-state index contributed by atoms with van der Waals surface area (Å²) in [7, 11) is 1.22. The predicted molar refractivity (Wildman–Crippen MR) is 338 cm³/mol. The van der Waals surface area contributed by atoms with E-state index in [-0.39, 0.29) is 89.3 Å². The number of aliphatic carboxylic acids is 3. The molecule has 6 heterocycles. The van der Waals surface area contributed by atoms with Crippen LogP contribution in [0.3, 0.4) is 0 Å². The monoisotopic (exact) mass is 1450 g/mol. The topological polar surface area (TPSA) is 351 Å². The number of benzene rings is 1. The molecule has 0 unspecified atom stereocenters. The van der Waals surface area contributed by atoms with E-state index in [1.807, 2.05) is 0 Å². The summed E-state index contributed by atoms with van der Waals surface area (Å²) in [6, 6.07) is 2.88. The van der Waals surface area contributed by atoms with Crippen LogP contribution in [-0.4, -0.2) is 276 Å². The number of nitrogens with one attached hydrogen (secondary N) is 1.